The van der Waals surface area contributed by atoms with Gasteiger partial charge < -0.3 is 10.4 Å². The number of rotatable bonds is 3. The third-order valence-electron chi connectivity index (χ3n) is 1.72. The molecule has 1 aliphatic heterocycles. The van der Waals surface area contributed by atoms with Crippen LogP contribution in [0.3, 0.4) is 0 Å². The minimum Gasteiger partial charge on any atom is -0.480 e. The molecule has 104 valence electrons. The Morgan fingerprint density at radius 1 is 1.65 bits per heavy atom. The first-order valence-corrected chi connectivity index (χ1v) is 4.59. The molecule has 0 saturated carbocycles. The van der Waals surface area contributed by atoms with E-state index in [1.165, 1.54) is 0 Å². The van der Waals surface area contributed by atoms with E-state index in [2.05, 4.69) is 21.2 Å². The predicted octanol–water partition coefficient (Wildman–Crippen LogP) is -1.28. The summed E-state index contributed by atoms with van der Waals surface area (Å²) < 4.78 is 0. The van der Waals surface area contributed by atoms with Crippen molar-refractivity contribution >= 4 is 41.3 Å². The first-order valence-electron chi connectivity index (χ1n) is 4.59. The highest BCUT2D eigenvalue weighted by Gasteiger charge is 2.10. The third-order valence-corrected chi connectivity index (χ3v) is 1.72. The van der Waals surface area contributed by atoms with Crippen LogP contribution in [0.1, 0.15) is 13.3 Å². The zero-order chi connectivity index (χ0) is 11.7. The zero-order valence-corrected chi connectivity index (χ0v) is 12.0. The molecule has 0 aromatic rings. The van der Waals surface area contributed by atoms with Crippen molar-refractivity contribution in [3.05, 3.63) is 0 Å². The van der Waals surface area contributed by atoms with Crippen LogP contribution in [0, 0.1) is 0 Å². The lowest BCUT2D eigenvalue weighted by Crippen LogP contribution is -2.40. The van der Waals surface area contributed by atoms with E-state index >= 15 is 0 Å². The number of hydrazine groups is 2. The number of guanidine groups is 1. The standard InChI is InChI=1S/C4H10N2O2.C3H8N4.BrH.ClH/c1-2-3(6-5)4(7)8;4-7-3-5-1-2-6-3;;/h3,6H,2,5H2,1H3,(H,7,8);1-2,4H2,(H2,5,6,7);2*1H. The summed E-state index contributed by atoms with van der Waals surface area (Å²) in [4.78, 5) is 13.9. The normalized spacial score (nSPS) is 13.7. The summed E-state index contributed by atoms with van der Waals surface area (Å²) in [5.41, 5.74) is 4.55. The molecule has 0 aromatic carbocycles. The fourth-order valence-corrected chi connectivity index (χ4v) is 0.858. The number of carboxylic acids is 1. The van der Waals surface area contributed by atoms with Crippen LogP contribution in [-0.4, -0.2) is 36.2 Å². The quantitative estimate of drug-likeness (QED) is 0.279. The Balaban J connectivity index is -0.000000207. The Morgan fingerprint density at radius 3 is 2.35 bits per heavy atom. The highest BCUT2D eigenvalue weighted by atomic mass is 79.9. The number of aliphatic imine (C=N–C) groups is 1. The van der Waals surface area contributed by atoms with Crippen molar-refractivity contribution in [3.63, 3.8) is 0 Å². The van der Waals surface area contributed by atoms with E-state index in [1.54, 1.807) is 6.92 Å². The first-order chi connectivity index (χ1) is 7.15. The number of nitrogens with two attached hydrogens (primary N) is 2. The summed E-state index contributed by atoms with van der Waals surface area (Å²) in [6.07, 6.45) is 0.506. The van der Waals surface area contributed by atoms with Crippen molar-refractivity contribution < 1.29 is 9.90 Å². The summed E-state index contributed by atoms with van der Waals surface area (Å²) in [6, 6.07) is -0.602. The molecule has 0 saturated heterocycles. The molecule has 1 heterocycles. The molecule has 0 aliphatic carbocycles. The Labute approximate surface area is 117 Å². The van der Waals surface area contributed by atoms with Crippen molar-refractivity contribution in [3.8, 4) is 0 Å². The van der Waals surface area contributed by atoms with Crippen molar-refractivity contribution in [1.82, 2.24) is 16.2 Å². The highest BCUT2D eigenvalue weighted by molar-refractivity contribution is 8.93. The highest BCUT2D eigenvalue weighted by Crippen LogP contribution is 1.85. The van der Waals surface area contributed by atoms with Crippen LogP contribution < -0.4 is 27.9 Å². The van der Waals surface area contributed by atoms with E-state index in [0.29, 0.717) is 12.4 Å². The molecule has 0 fully saturated rings. The van der Waals surface area contributed by atoms with Crippen LogP contribution in [0.25, 0.3) is 0 Å². The number of halogens is 2. The van der Waals surface area contributed by atoms with Gasteiger partial charge in [-0.2, -0.15) is 0 Å². The van der Waals surface area contributed by atoms with Crippen LogP contribution >= 0.6 is 29.4 Å². The molecule has 0 bridgehead atoms. The monoisotopic (exact) mass is 334 g/mol. The van der Waals surface area contributed by atoms with Crippen molar-refractivity contribution in [2.75, 3.05) is 13.1 Å². The summed E-state index contributed by atoms with van der Waals surface area (Å²) in [6.45, 7) is 3.48. The molecule has 1 aliphatic rings. The molecule has 0 amide bonds. The Bertz CT molecular complexity index is 226. The molecular weight excluding hydrogens is 315 g/mol. The second-order valence-electron chi connectivity index (χ2n) is 2.77. The number of carboxylic acid groups (broad SMARTS) is 1. The molecule has 8 N–H and O–H groups in total. The second kappa shape index (κ2) is 13.5. The largest absolute Gasteiger partial charge is 0.480 e. The van der Waals surface area contributed by atoms with Gasteiger partial charge in [0.15, 0.2) is 0 Å². The van der Waals surface area contributed by atoms with Crippen LogP contribution in [0.15, 0.2) is 4.99 Å². The lowest BCUT2D eigenvalue weighted by molar-refractivity contribution is -0.139. The van der Waals surface area contributed by atoms with Gasteiger partial charge >= 0.3 is 5.97 Å². The zero-order valence-electron chi connectivity index (χ0n) is 9.47. The van der Waals surface area contributed by atoms with Crippen LogP contribution in [0.5, 0.6) is 0 Å². The Hall–Kier alpha value is -0.610. The van der Waals surface area contributed by atoms with Gasteiger partial charge in [-0.15, -0.1) is 29.4 Å². The number of hydrogen-bond acceptors (Lipinski definition) is 7. The van der Waals surface area contributed by atoms with E-state index in [0.717, 1.165) is 13.1 Å². The maximum absolute atomic E-state index is 10.0. The lowest BCUT2D eigenvalue weighted by Gasteiger charge is -2.04. The molecule has 8 nitrogen and oxygen atoms in total. The molecular formula is C7H20BrClN6O2. The summed E-state index contributed by atoms with van der Waals surface area (Å²) in [5, 5.41) is 11.2. The SMILES string of the molecule is Br.CCC(NN)C(=O)O.Cl.NNC1=NCCN1. The van der Waals surface area contributed by atoms with Crippen molar-refractivity contribution in [2.24, 2.45) is 16.7 Å². The van der Waals surface area contributed by atoms with Gasteiger partial charge in [0.2, 0.25) is 5.96 Å². The van der Waals surface area contributed by atoms with Crippen LogP contribution in [0.4, 0.5) is 0 Å². The number of nitrogens with one attached hydrogen (secondary N) is 3. The van der Waals surface area contributed by atoms with E-state index in [4.69, 9.17) is 16.8 Å². The molecule has 1 unspecified atom stereocenters. The average Bonchev–Trinajstić information content (AvgIpc) is 2.72. The molecule has 1 atom stereocenters. The van der Waals surface area contributed by atoms with E-state index in [1.807, 2.05) is 0 Å². The minimum atomic E-state index is -0.907. The van der Waals surface area contributed by atoms with Gasteiger partial charge in [0.1, 0.15) is 6.04 Å². The first kappa shape index (κ1) is 21.7. The predicted molar refractivity (Wildman–Crippen MR) is 74.2 cm³/mol. The van der Waals surface area contributed by atoms with Crippen LogP contribution in [0.2, 0.25) is 0 Å². The average molecular weight is 336 g/mol. The summed E-state index contributed by atoms with van der Waals surface area (Å²) >= 11 is 0. The number of nitrogens with zero attached hydrogens (tertiary/aromatic N) is 1. The molecule has 1 rings (SSSR count). The number of carbonyl (C=O) groups is 1. The van der Waals surface area contributed by atoms with Gasteiger partial charge in [0.05, 0.1) is 6.54 Å². The smallest absolute Gasteiger partial charge is 0.322 e. The van der Waals surface area contributed by atoms with Gasteiger partial charge in [0.25, 0.3) is 0 Å². The molecule has 17 heavy (non-hydrogen) atoms. The minimum absolute atomic E-state index is 0. The number of hydrogen-bond donors (Lipinski definition) is 6. The summed E-state index contributed by atoms with van der Waals surface area (Å²) in [7, 11) is 0. The van der Waals surface area contributed by atoms with Crippen LogP contribution in [-0.2, 0) is 4.79 Å². The van der Waals surface area contributed by atoms with Gasteiger partial charge in [0, 0.05) is 6.54 Å². The number of aliphatic carboxylic acids is 1. The van der Waals surface area contributed by atoms with Gasteiger partial charge in [-0.3, -0.25) is 21.1 Å². The Morgan fingerprint density at radius 2 is 2.24 bits per heavy atom. The van der Waals surface area contributed by atoms with E-state index < -0.39 is 12.0 Å². The molecule has 0 spiro atoms. The molecule has 0 aromatic heterocycles. The van der Waals surface area contributed by atoms with Crippen molar-refractivity contribution in [1.29, 1.82) is 0 Å². The maximum atomic E-state index is 10.0. The second-order valence-corrected chi connectivity index (χ2v) is 2.77. The summed E-state index contributed by atoms with van der Waals surface area (Å²) in [5.74, 6) is 9.63. The van der Waals surface area contributed by atoms with Gasteiger partial charge in [-0.05, 0) is 6.42 Å². The lowest BCUT2D eigenvalue weighted by atomic mass is 10.2. The van der Waals surface area contributed by atoms with Crippen molar-refractivity contribution in [2.45, 2.75) is 19.4 Å². The fraction of sp³-hybridized carbons (Fsp3) is 0.714. The molecule has 0 radical (unpaired) electrons. The van der Waals surface area contributed by atoms with E-state index in [9.17, 15) is 4.79 Å². The van der Waals surface area contributed by atoms with Gasteiger partial charge in [-0.1, -0.05) is 6.92 Å². The third kappa shape index (κ3) is 10.3. The Kier molecular flexibility index (Phi) is 17.1. The van der Waals surface area contributed by atoms with Gasteiger partial charge in [-0.25, -0.2) is 11.3 Å². The molecule has 10 heteroatoms. The fourth-order valence-electron chi connectivity index (χ4n) is 0.858. The van der Waals surface area contributed by atoms with E-state index in [-0.39, 0.29) is 29.4 Å². The maximum Gasteiger partial charge on any atom is 0.322 e. The topological polar surface area (TPSA) is 138 Å².